The molecule has 0 saturated heterocycles. The first-order chi connectivity index (χ1) is 10.5. The average Bonchev–Trinajstić information content (AvgIpc) is 2.56. The van der Waals surface area contributed by atoms with Crippen molar-refractivity contribution >= 4 is 43.5 Å². The standard InChI is InChI=1S/C8H8BrClO.C8H9BrO2/c2*1-11-7-2-3-8(9)6(4-7)5-10/h2-4H,5H2,1H3;2-4,10H,5H2,1H3. The Kier molecular flexibility index (Phi) is 8.86. The molecule has 0 fully saturated rings. The van der Waals surface area contributed by atoms with E-state index in [9.17, 15) is 0 Å². The minimum atomic E-state index is 0.0256. The van der Waals surface area contributed by atoms with Crippen molar-refractivity contribution in [2.45, 2.75) is 12.5 Å². The smallest absolute Gasteiger partial charge is 0.119 e. The van der Waals surface area contributed by atoms with Gasteiger partial charge < -0.3 is 14.6 Å². The van der Waals surface area contributed by atoms with Crippen LogP contribution in [0.2, 0.25) is 0 Å². The fourth-order valence-corrected chi connectivity index (χ4v) is 2.72. The maximum Gasteiger partial charge on any atom is 0.119 e. The predicted octanol–water partition coefficient (Wildman–Crippen LogP) is 5.15. The lowest BCUT2D eigenvalue weighted by Crippen LogP contribution is -1.88. The number of benzene rings is 2. The number of hydrogen-bond acceptors (Lipinski definition) is 3. The van der Waals surface area contributed by atoms with E-state index >= 15 is 0 Å². The molecule has 1 N–H and O–H groups in total. The van der Waals surface area contributed by atoms with Crippen molar-refractivity contribution in [3.05, 3.63) is 56.5 Å². The lowest BCUT2D eigenvalue weighted by molar-refractivity contribution is 0.280. The second kappa shape index (κ2) is 10.1. The van der Waals surface area contributed by atoms with Gasteiger partial charge in [-0.05, 0) is 47.5 Å². The molecule has 0 radical (unpaired) electrons. The van der Waals surface area contributed by atoms with Gasteiger partial charge in [0.15, 0.2) is 0 Å². The first kappa shape index (κ1) is 19.3. The number of rotatable bonds is 4. The van der Waals surface area contributed by atoms with E-state index in [0.29, 0.717) is 5.88 Å². The fraction of sp³-hybridized carbons (Fsp3) is 0.250. The van der Waals surface area contributed by atoms with Crippen molar-refractivity contribution in [1.82, 2.24) is 0 Å². The van der Waals surface area contributed by atoms with Crippen molar-refractivity contribution < 1.29 is 14.6 Å². The monoisotopic (exact) mass is 450 g/mol. The summed E-state index contributed by atoms with van der Waals surface area (Å²) < 4.78 is 11.9. The van der Waals surface area contributed by atoms with Gasteiger partial charge in [-0.15, -0.1) is 11.6 Å². The zero-order valence-corrected chi connectivity index (χ0v) is 16.2. The van der Waals surface area contributed by atoms with E-state index < -0.39 is 0 Å². The van der Waals surface area contributed by atoms with Crippen LogP contribution in [-0.4, -0.2) is 19.3 Å². The Morgan fingerprint density at radius 3 is 1.77 bits per heavy atom. The largest absolute Gasteiger partial charge is 0.497 e. The predicted molar refractivity (Wildman–Crippen MR) is 96.9 cm³/mol. The number of methoxy groups -OCH3 is 2. The van der Waals surface area contributed by atoms with Crippen LogP contribution >= 0.6 is 43.5 Å². The fourth-order valence-electron chi connectivity index (χ4n) is 1.58. The van der Waals surface area contributed by atoms with Crippen LogP contribution < -0.4 is 9.47 Å². The van der Waals surface area contributed by atoms with E-state index in [1.54, 1.807) is 20.3 Å². The SMILES string of the molecule is COc1ccc(Br)c(CCl)c1.COc1ccc(Br)c(CO)c1. The summed E-state index contributed by atoms with van der Waals surface area (Å²) in [5, 5.41) is 8.85. The summed E-state index contributed by atoms with van der Waals surface area (Å²) in [7, 11) is 3.24. The van der Waals surface area contributed by atoms with E-state index in [-0.39, 0.29) is 6.61 Å². The van der Waals surface area contributed by atoms with Crippen LogP contribution in [-0.2, 0) is 12.5 Å². The van der Waals surface area contributed by atoms with Crippen LogP contribution in [0.3, 0.4) is 0 Å². The van der Waals surface area contributed by atoms with Crippen molar-refractivity contribution in [3.63, 3.8) is 0 Å². The first-order valence-corrected chi connectivity index (χ1v) is 8.49. The molecular formula is C16H17Br2ClO3. The van der Waals surface area contributed by atoms with Gasteiger partial charge in [-0.2, -0.15) is 0 Å². The molecule has 0 heterocycles. The molecule has 0 spiro atoms. The van der Waals surface area contributed by atoms with Crippen molar-refractivity contribution in [2.75, 3.05) is 14.2 Å². The molecule has 2 aromatic carbocycles. The van der Waals surface area contributed by atoms with Crippen molar-refractivity contribution in [1.29, 1.82) is 0 Å². The average molecular weight is 453 g/mol. The Morgan fingerprint density at radius 1 is 0.909 bits per heavy atom. The maximum atomic E-state index is 8.85. The molecule has 22 heavy (non-hydrogen) atoms. The molecule has 0 saturated carbocycles. The zero-order chi connectivity index (χ0) is 16.5. The van der Waals surface area contributed by atoms with Gasteiger partial charge >= 0.3 is 0 Å². The first-order valence-electron chi connectivity index (χ1n) is 6.37. The summed E-state index contributed by atoms with van der Waals surface area (Å²) in [6.45, 7) is 0.0256. The molecule has 0 bridgehead atoms. The highest BCUT2D eigenvalue weighted by atomic mass is 79.9. The lowest BCUT2D eigenvalue weighted by atomic mass is 10.2. The highest BCUT2D eigenvalue weighted by Gasteiger charge is 2.00. The minimum Gasteiger partial charge on any atom is -0.497 e. The van der Waals surface area contributed by atoms with Gasteiger partial charge in [0.2, 0.25) is 0 Å². The van der Waals surface area contributed by atoms with E-state index in [1.807, 2.05) is 30.3 Å². The third-order valence-electron chi connectivity index (χ3n) is 2.82. The lowest BCUT2D eigenvalue weighted by Gasteiger charge is -2.03. The molecule has 0 aliphatic carbocycles. The van der Waals surface area contributed by atoms with Gasteiger partial charge in [0.25, 0.3) is 0 Å². The third-order valence-corrected chi connectivity index (χ3v) is 4.66. The highest BCUT2D eigenvalue weighted by molar-refractivity contribution is 9.10. The number of ether oxygens (including phenoxy) is 2. The van der Waals surface area contributed by atoms with Gasteiger partial charge in [0.05, 0.1) is 20.8 Å². The van der Waals surface area contributed by atoms with Crippen LogP contribution in [0.15, 0.2) is 45.3 Å². The molecule has 0 amide bonds. The summed E-state index contributed by atoms with van der Waals surface area (Å²) in [5.74, 6) is 2.10. The molecule has 3 nitrogen and oxygen atoms in total. The molecule has 120 valence electrons. The van der Waals surface area contributed by atoms with E-state index in [2.05, 4.69) is 31.9 Å². The Hall–Kier alpha value is -0.750. The maximum absolute atomic E-state index is 8.85. The Morgan fingerprint density at radius 2 is 1.36 bits per heavy atom. The number of halogens is 3. The number of aliphatic hydroxyl groups excluding tert-OH is 1. The zero-order valence-electron chi connectivity index (χ0n) is 12.3. The summed E-state index contributed by atoms with van der Waals surface area (Å²) >= 11 is 12.4. The third kappa shape index (κ3) is 5.80. The van der Waals surface area contributed by atoms with Gasteiger partial charge in [0, 0.05) is 14.8 Å². The van der Waals surface area contributed by atoms with Gasteiger partial charge in [-0.25, -0.2) is 0 Å². The normalized spacial score (nSPS) is 9.73. The summed E-state index contributed by atoms with van der Waals surface area (Å²) in [6.07, 6.45) is 0. The molecular weight excluding hydrogens is 435 g/mol. The molecule has 0 atom stereocenters. The number of aliphatic hydroxyl groups is 1. The molecule has 0 aromatic heterocycles. The van der Waals surface area contributed by atoms with Crippen LogP contribution in [0.4, 0.5) is 0 Å². The Bertz CT molecular complexity index is 552. The quantitative estimate of drug-likeness (QED) is 0.653. The molecule has 0 aliphatic rings. The van der Waals surface area contributed by atoms with E-state index in [1.165, 1.54) is 0 Å². The van der Waals surface area contributed by atoms with Crippen molar-refractivity contribution in [2.24, 2.45) is 0 Å². The van der Waals surface area contributed by atoms with Crippen LogP contribution in [0, 0.1) is 0 Å². The van der Waals surface area contributed by atoms with E-state index in [4.69, 9.17) is 26.2 Å². The molecule has 6 heteroatoms. The molecule has 2 rings (SSSR count). The topological polar surface area (TPSA) is 38.7 Å². The molecule has 2 aromatic rings. The van der Waals surface area contributed by atoms with Crippen LogP contribution in [0.25, 0.3) is 0 Å². The van der Waals surface area contributed by atoms with Crippen LogP contribution in [0.5, 0.6) is 11.5 Å². The van der Waals surface area contributed by atoms with Gasteiger partial charge in [-0.3, -0.25) is 0 Å². The summed E-state index contributed by atoms with van der Waals surface area (Å²) in [4.78, 5) is 0. The second-order valence-electron chi connectivity index (χ2n) is 4.21. The van der Waals surface area contributed by atoms with Gasteiger partial charge in [-0.1, -0.05) is 31.9 Å². The van der Waals surface area contributed by atoms with Crippen molar-refractivity contribution in [3.8, 4) is 11.5 Å². The second-order valence-corrected chi connectivity index (χ2v) is 6.18. The van der Waals surface area contributed by atoms with Gasteiger partial charge in [0.1, 0.15) is 11.5 Å². The Labute approximate surface area is 152 Å². The highest BCUT2D eigenvalue weighted by Crippen LogP contribution is 2.23. The molecule has 0 unspecified atom stereocenters. The number of hydrogen-bond donors (Lipinski definition) is 1. The summed E-state index contributed by atoms with van der Waals surface area (Å²) in [6, 6.07) is 11.2. The molecule has 0 aliphatic heterocycles. The Balaban J connectivity index is 0.000000220. The van der Waals surface area contributed by atoms with E-state index in [0.717, 1.165) is 31.6 Å². The van der Waals surface area contributed by atoms with Crippen LogP contribution in [0.1, 0.15) is 11.1 Å². The summed E-state index contributed by atoms with van der Waals surface area (Å²) in [5.41, 5.74) is 1.88. The number of alkyl halides is 1. The minimum absolute atomic E-state index is 0.0256.